The Morgan fingerprint density at radius 1 is 1.14 bits per heavy atom. The lowest BCUT2D eigenvalue weighted by molar-refractivity contribution is 1.09. The lowest BCUT2D eigenvalue weighted by Crippen LogP contribution is -1.88. The van der Waals surface area contributed by atoms with Gasteiger partial charge in [0.05, 0.1) is 0 Å². The third kappa shape index (κ3) is 3.78. The summed E-state index contributed by atoms with van der Waals surface area (Å²) in [6, 6.07) is 6.32. The molecule has 0 aliphatic carbocycles. The second-order valence-electron chi connectivity index (χ2n) is 3.75. The molecule has 0 amide bonds. The van der Waals surface area contributed by atoms with Gasteiger partial charge in [-0.05, 0) is 37.5 Å². The van der Waals surface area contributed by atoms with Crippen LogP contribution in [0.4, 0.5) is 0 Å². The van der Waals surface area contributed by atoms with Gasteiger partial charge in [0.2, 0.25) is 0 Å². The largest absolute Gasteiger partial charge is 0.0955 e. The molecule has 0 atom stereocenters. The average molecular weight is 190 g/mol. The first-order valence-corrected chi connectivity index (χ1v) is 5.26. The summed E-state index contributed by atoms with van der Waals surface area (Å²) in [5.41, 5.74) is 5.10. The van der Waals surface area contributed by atoms with Crippen LogP contribution in [0.25, 0.3) is 5.57 Å². The summed E-state index contributed by atoms with van der Waals surface area (Å²) in [6.07, 6.45) is 1.25. The first-order valence-electron chi connectivity index (χ1n) is 5.26. The SMILES string of the molecule is C=C(C)c1c(C)cccc1C.CCC. The van der Waals surface area contributed by atoms with Crippen LogP contribution in [0.5, 0.6) is 0 Å². The van der Waals surface area contributed by atoms with E-state index in [1.165, 1.54) is 23.1 Å². The van der Waals surface area contributed by atoms with E-state index in [0.29, 0.717) is 0 Å². The topological polar surface area (TPSA) is 0 Å². The average Bonchev–Trinajstić information content (AvgIpc) is 2.04. The number of rotatable bonds is 1. The Bertz CT molecular complexity index is 275. The van der Waals surface area contributed by atoms with E-state index in [1.807, 2.05) is 0 Å². The molecular weight excluding hydrogens is 168 g/mol. The molecule has 0 saturated carbocycles. The molecule has 0 saturated heterocycles. The molecule has 0 heterocycles. The van der Waals surface area contributed by atoms with Gasteiger partial charge < -0.3 is 0 Å². The highest BCUT2D eigenvalue weighted by Gasteiger charge is 2.00. The predicted molar refractivity (Wildman–Crippen MR) is 66.6 cm³/mol. The lowest BCUT2D eigenvalue weighted by Gasteiger charge is -2.07. The van der Waals surface area contributed by atoms with Gasteiger partial charge >= 0.3 is 0 Å². The van der Waals surface area contributed by atoms with Gasteiger partial charge in [0, 0.05) is 0 Å². The summed E-state index contributed by atoms with van der Waals surface area (Å²) in [5, 5.41) is 0. The first-order chi connectivity index (χ1) is 6.54. The molecular formula is C14H22. The summed E-state index contributed by atoms with van der Waals surface area (Å²) in [6.45, 7) is 14.5. The summed E-state index contributed by atoms with van der Waals surface area (Å²) in [7, 11) is 0. The van der Waals surface area contributed by atoms with Crippen molar-refractivity contribution in [1.29, 1.82) is 0 Å². The zero-order chi connectivity index (χ0) is 11.1. The van der Waals surface area contributed by atoms with Gasteiger partial charge in [0.1, 0.15) is 0 Å². The van der Waals surface area contributed by atoms with E-state index in [0.717, 1.165) is 5.57 Å². The number of aryl methyl sites for hydroxylation is 2. The molecule has 1 aromatic carbocycles. The van der Waals surface area contributed by atoms with Crippen molar-refractivity contribution in [3.63, 3.8) is 0 Å². The van der Waals surface area contributed by atoms with Crippen LogP contribution in [0, 0.1) is 13.8 Å². The van der Waals surface area contributed by atoms with Gasteiger partial charge in [0.25, 0.3) is 0 Å². The van der Waals surface area contributed by atoms with Gasteiger partial charge in [-0.2, -0.15) is 0 Å². The summed E-state index contributed by atoms with van der Waals surface area (Å²) in [4.78, 5) is 0. The van der Waals surface area contributed by atoms with Crippen LogP contribution < -0.4 is 0 Å². The molecule has 14 heavy (non-hydrogen) atoms. The molecule has 0 nitrogen and oxygen atoms in total. The molecule has 0 radical (unpaired) electrons. The molecule has 78 valence electrons. The predicted octanol–water partition coefficient (Wildman–Crippen LogP) is 4.75. The van der Waals surface area contributed by atoms with Crippen molar-refractivity contribution in [2.45, 2.75) is 41.0 Å². The molecule has 0 fully saturated rings. The Balaban J connectivity index is 0.000000500. The number of benzene rings is 1. The van der Waals surface area contributed by atoms with E-state index in [-0.39, 0.29) is 0 Å². The molecule has 0 aliphatic heterocycles. The number of hydrogen-bond donors (Lipinski definition) is 0. The second-order valence-corrected chi connectivity index (χ2v) is 3.75. The van der Waals surface area contributed by atoms with Gasteiger partial charge in [-0.1, -0.05) is 50.6 Å². The van der Waals surface area contributed by atoms with Crippen LogP contribution in [0.1, 0.15) is 43.9 Å². The normalized spacial score (nSPS) is 8.93. The molecule has 0 unspecified atom stereocenters. The van der Waals surface area contributed by atoms with Crippen LogP contribution in [0.15, 0.2) is 24.8 Å². The molecule has 0 spiro atoms. The van der Waals surface area contributed by atoms with Crippen LogP contribution in [0.3, 0.4) is 0 Å². The summed E-state index contributed by atoms with van der Waals surface area (Å²) < 4.78 is 0. The molecule has 0 N–H and O–H groups in total. The lowest BCUT2D eigenvalue weighted by atomic mass is 9.98. The third-order valence-electron chi connectivity index (χ3n) is 1.91. The Morgan fingerprint density at radius 3 is 1.71 bits per heavy atom. The van der Waals surface area contributed by atoms with Gasteiger partial charge in [-0.25, -0.2) is 0 Å². The first kappa shape index (κ1) is 13.0. The van der Waals surface area contributed by atoms with E-state index in [4.69, 9.17) is 0 Å². The van der Waals surface area contributed by atoms with Crippen molar-refractivity contribution in [1.82, 2.24) is 0 Å². The van der Waals surface area contributed by atoms with Crippen molar-refractivity contribution in [3.8, 4) is 0 Å². The monoisotopic (exact) mass is 190 g/mol. The Labute approximate surface area is 88.7 Å². The minimum Gasteiger partial charge on any atom is -0.0955 e. The van der Waals surface area contributed by atoms with Gasteiger partial charge in [-0.3, -0.25) is 0 Å². The molecule has 1 rings (SSSR count). The van der Waals surface area contributed by atoms with Crippen molar-refractivity contribution in [2.24, 2.45) is 0 Å². The zero-order valence-corrected chi connectivity index (χ0v) is 10.1. The highest BCUT2D eigenvalue weighted by atomic mass is 14.1. The minimum absolute atomic E-state index is 1.15. The van der Waals surface area contributed by atoms with Crippen molar-refractivity contribution in [2.75, 3.05) is 0 Å². The van der Waals surface area contributed by atoms with E-state index in [1.54, 1.807) is 0 Å². The second kappa shape index (κ2) is 6.42. The van der Waals surface area contributed by atoms with Crippen LogP contribution in [0.2, 0.25) is 0 Å². The molecule has 1 aromatic rings. The zero-order valence-electron chi connectivity index (χ0n) is 10.1. The maximum absolute atomic E-state index is 3.95. The van der Waals surface area contributed by atoms with Crippen molar-refractivity contribution in [3.05, 3.63) is 41.5 Å². The molecule has 0 aromatic heterocycles. The highest BCUT2D eigenvalue weighted by Crippen LogP contribution is 2.20. The standard InChI is InChI=1S/C11H14.C3H8/c1-8(2)11-9(3)6-5-7-10(11)4;1-3-2/h5-7H,1H2,2-4H3;3H2,1-2H3. The fourth-order valence-corrected chi connectivity index (χ4v) is 1.49. The Hall–Kier alpha value is -1.04. The Morgan fingerprint density at radius 2 is 1.50 bits per heavy atom. The fourth-order valence-electron chi connectivity index (χ4n) is 1.49. The van der Waals surface area contributed by atoms with Crippen molar-refractivity contribution < 1.29 is 0 Å². The molecule has 0 heteroatoms. The number of allylic oxidation sites excluding steroid dienone is 1. The summed E-state index contributed by atoms with van der Waals surface area (Å²) >= 11 is 0. The van der Waals surface area contributed by atoms with E-state index in [2.05, 4.69) is 59.4 Å². The maximum Gasteiger partial charge on any atom is -0.0175 e. The van der Waals surface area contributed by atoms with Crippen LogP contribution in [-0.2, 0) is 0 Å². The van der Waals surface area contributed by atoms with Gasteiger partial charge in [0.15, 0.2) is 0 Å². The fraction of sp³-hybridized carbons (Fsp3) is 0.429. The molecule has 0 bridgehead atoms. The van der Waals surface area contributed by atoms with Gasteiger partial charge in [-0.15, -0.1) is 0 Å². The Kier molecular flexibility index (Phi) is 5.94. The van der Waals surface area contributed by atoms with E-state index in [9.17, 15) is 0 Å². The minimum atomic E-state index is 1.15. The van der Waals surface area contributed by atoms with Crippen molar-refractivity contribution >= 4 is 5.57 Å². The third-order valence-corrected chi connectivity index (χ3v) is 1.91. The van der Waals surface area contributed by atoms with Crippen LogP contribution in [-0.4, -0.2) is 0 Å². The summed E-state index contributed by atoms with van der Waals surface area (Å²) in [5.74, 6) is 0. The quantitative estimate of drug-likeness (QED) is 0.599. The maximum atomic E-state index is 3.95. The van der Waals surface area contributed by atoms with Crippen LogP contribution >= 0.6 is 0 Å². The number of hydrogen-bond acceptors (Lipinski definition) is 0. The smallest absolute Gasteiger partial charge is 0.0175 e. The highest BCUT2D eigenvalue weighted by molar-refractivity contribution is 5.67. The van der Waals surface area contributed by atoms with E-state index >= 15 is 0 Å². The van der Waals surface area contributed by atoms with E-state index < -0.39 is 0 Å². The molecule has 0 aliphatic rings.